The van der Waals surface area contributed by atoms with Crippen LogP contribution in [-0.2, 0) is 35.0 Å². The first-order valence-electron chi connectivity index (χ1n) is 15.6. The van der Waals surface area contributed by atoms with E-state index in [4.69, 9.17) is 34.8 Å². The molecule has 1 N–H and O–H groups in total. The first-order valence-corrected chi connectivity index (χ1v) is 15.6. The van der Waals surface area contributed by atoms with Crippen LogP contribution in [0, 0.1) is 24.2 Å². The number of amides is 2. The predicted molar refractivity (Wildman–Crippen MR) is 177 cm³/mol. The molecule has 0 aliphatic carbocycles. The molecule has 0 spiro atoms. The fourth-order valence-electron chi connectivity index (χ4n) is 4.55. The van der Waals surface area contributed by atoms with Gasteiger partial charge >= 0.3 is 0 Å². The Labute approximate surface area is 280 Å². The van der Waals surface area contributed by atoms with Gasteiger partial charge in [-0.2, -0.15) is 0 Å². The first kappa shape index (κ1) is 36.1. The van der Waals surface area contributed by atoms with Crippen LogP contribution < -0.4 is 15.0 Å². The van der Waals surface area contributed by atoms with Gasteiger partial charge in [0, 0.05) is 12.6 Å². The number of hydrogen-bond donors (Lipinski definition) is 1. The highest BCUT2D eigenvalue weighted by Crippen LogP contribution is 2.33. The molecule has 48 heavy (non-hydrogen) atoms. The van der Waals surface area contributed by atoms with Gasteiger partial charge in [0.1, 0.15) is 37.4 Å². The Morgan fingerprint density at radius 2 is 1.58 bits per heavy atom. The number of anilines is 1. The van der Waals surface area contributed by atoms with Crippen LogP contribution >= 0.6 is 0 Å². The molecule has 0 radical (unpaired) electrons. The van der Waals surface area contributed by atoms with Crippen molar-refractivity contribution in [3.05, 3.63) is 71.8 Å². The van der Waals surface area contributed by atoms with E-state index in [9.17, 15) is 9.59 Å². The van der Waals surface area contributed by atoms with Gasteiger partial charge in [-0.1, -0.05) is 48.1 Å². The van der Waals surface area contributed by atoms with Gasteiger partial charge in [0.25, 0.3) is 11.8 Å². The van der Waals surface area contributed by atoms with E-state index < -0.39 is 18.1 Å². The van der Waals surface area contributed by atoms with Crippen molar-refractivity contribution in [1.82, 2.24) is 20.1 Å². The van der Waals surface area contributed by atoms with E-state index in [1.165, 1.54) is 11.2 Å². The molecule has 3 aromatic rings. The number of carbonyl (C=O) groups is 2. The second-order valence-electron chi connectivity index (χ2n) is 10.6. The Hall–Kier alpha value is -4.76. The lowest BCUT2D eigenvalue weighted by Gasteiger charge is -2.23. The van der Waals surface area contributed by atoms with Crippen LogP contribution in [0.4, 0.5) is 5.69 Å². The highest BCUT2D eigenvalue weighted by atomic mass is 16.6. The summed E-state index contributed by atoms with van der Waals surface area (Å²) < 4.78 is 34.6. The third-order valence-electron chi connectivity index (χ3n) is 6.99. The number of carbonyl (C=O) groups excluding carboxylic acids is 2. The van der Waals surface area contributed by atoms with Gasteiger partial charge in [0.2, 0.25) is 5.82 Å². The van der Waals surface area contributed by atoms with Gasteiger partial charge in [-0.05, 0) is 30.7 Å². The molecule has 13 heteroatoms. The summed E-state index contributed by atoms with van der Waals surface area (Å²) in [5.74, 6) is 7.97. The third-order valence-corrected chi connectivity index (χ3v) is 6.99. The number of nitrogens with one attached hydrogen (secondary N) is 1. The van der Waals surface area contributed by atoms with Crippen LogP contribution in [0.25, 0.3) is 0 Å². The zero-order chi connectivity index (χ0) is 34.0. The third kappa shape index (κ3) is 11.5. The Kier molecular flexibility index (Phi) is 14.9. The summed E-state index contributed by atoms with van der Waals surface area (Å²) in [7, 11) is 1.63. The molecular formula is C35H41N5O8. The van der Waals surface area contributed by atoms with E-state index in [1.54, 1.807) is 36.9 Å². The second-order valence-corrected chi connectivity index (χ2v) is 10.6. The first-order chi connectivity index (χ1) is 23.5. The average Bonchev–Trinajstić information content (AvgIpc) is 3.54. The molecule has 4 rings (SSSR count). The Balaban J connectivity index is 1.16. The summed E-state index contributed by atoms with van der Waals surface area (Å²) in [5.41, 5.74) is 2.24. The van der Waals surface area contributed by atoms with Crippen LogP contribution in [0.2, 0.25) is 0 Å². The molecule has 0 saturated heterocycles. The largest absolute Gasteiger partial charge is 0.486 e. The summed E-state index contributed by atoms with van der Waals surface area (Å²) in [6, 6.07) is 14.1. The molecule has 1 aliphatic rings. The Bertz CT molecular complexity index is 1560. The van der Waals surface area contributed by atoms with Crippen molar-refractivity contribution in [3.8, 4) is 29.9 Å². The minimum absolute atomic E-state index is 0.0346. The summed E-state index contributed by atoms with van der Waals surface area (Å²) in [6.45, 7) is 6.29. The van der Waals surface area contributed by atoms with Crippen molar-refractivity contribution in [3.63, 3.8) is 0 Å². The zero-order valence-corrected chi connectivity index (χ0v) is 27.3. The number of likely N-dealkylation sites (N-methyl/N-ethyl adjacent to an activating group) is 1. The number of terminal acetylenes is 1. The van der Waals surface area contributed by atoms with Gasteiger partial charge in [0.05, 0.1) is 65.1 Å². The average molecular weight is 660 g/mol. The van der Waals surface area contributed by atoms with Crippen molar-refractivity contribution in [2.24, 2.45) is 0 Å². The number of aromatic nitrogens is 3. The minimum Gasteiger partial charge on any atom is -0.486 e. The summed E-state index contributed by atoms with van der Waals surface area (Å²) in [4.78, 5) is 32.1. The smallest absolute Gasteiger partial charge is 0.291 e. The van der Waals surface area contributed by atoms with Crippen LogP contribution in [0.1, 0.15) is 28.7 Å². The normalized spacial score (nSPS) is 15.4. The highest BCUT2D eigenvalue weighted by molar-refractivity contribution is 6.02. The fourth-order valence-corrected chi connectivity index (χ4v) is 4.55. The maximum Gasteiger partial charge on any atom is 0.291 e. The standard InChI is InChI=1S/C35H41N5O8/c1-4-14-43-16-18-45-20-22-47-23-21-46-19-17-44-15-8-11-28-12-13-31-30(24-28)39(3)35(42)32(27(2)48-31)37-34(41)33-36-26-40(38-33)25-29-9-6-5-7-10-29/h1,5-7,9-10,12-13,24,26-27,32H,14-23,25H2,2-3H3,(H,37,41)/t27-,32+/m1/s1. The minimum atomic E-state index is -0.961. The van der Waals surface area contributed by atoms with Crippen molar-refractivity contribution in [2.45, 2.75) is 25.6 Å². The second kappa shape index (κ2) is 19.8. The molecule has 13 nitrogen and oxygen atoms in total. The summed E-state index contributed by atoms with van der Waals surface area (Å²) >= 11 is 0. The number of hydrogen-bond acceptors (Lipinski definition) is 10. The highest BCUT2D eigenvalue weighted by Gasteiger charge is 2.36. The van der Waals surface area contributed by atoms with Crippen molar-refractivity contribution in [2.75, 3.05) is 78.0 Å². The molecule has 1 aromatic heterocycles. The molecule has 0 unspecified atom stereocenters. The van der Waals surface area contributed by atoms with E-state index in [1.807, 2.05) is 30.3 Å². The lowest BCUT2D eigenvalue weighted by Crippen LogP contribution is -2.53. The van der Waals surface area contributed by atoms with Crippen LogP contribution in [-0.4, -0.2) is 112 Å². The van der Waals surface area contributed by atoms with Gasteiger partial charge in [-0.25, -0.2) is 9.67 Å². The van der Waals surface area contributed by atoms with Gasteiger partial charge in [-0.15, -0.1) is 11.5 Å². The molecule has 0 saturated carbocycles. The van der Waals surface area contributed by atoms with E-state index in [-0.39, 0.29) is 24.9 Å². The molecule has 0 bridgehead atoms. The summed E-state index contributed by atoms with van der Waals surface area (Å²) in [5, 5.41) is 7.03. The number of ether oxygens (including phenoxy) is 6. The van der Waals surface area contributed by atoms with Crippen LogP contribution in [0.3, 0.4) is 0 Å². The maximum atomic E-state index is 13.5. The topological polar surface area (TPSA) is 136 Å². The number of fused-ring (bicyclic) bond motifs is 1. The van der Waals surface area contributed by atoms with Crippen molar-refractivity contribution >= 4 is 17.5 Å². The van der Waals surface area contributed by atoms with E-state index in [0.29, 0.717) is 76.4 Å². The van der Waals surface area contributed by atoms with Gasteiger partial charge in [-0.3, -0.25) is 9.59 Å². The lowest BCUT2D eigenvalue weighted by atomic mass is 10.1. The lowest BCUT2D eigenvalue weighted by molar-refractivity contribution is -0.121. The van der Waals surface area contributed by atoms with Crippen LogP contribution in [0.5, 0.6) is 5.75 Å². The molecule has 2 amide bonds. The van der Waals surface area contributed by atoms with Crippen molar-refractivity contribution < 1.29 is 38.0 Å². The fraction of sp³-hybridized carbons (Fsp3) is 0.429. The summed E-state index contributed by atoms with van der Waals surface area (Å²) in [6.07, 6.45) is 5.93. The SMILES string of the molecule is C#CCOCCOCCOCCOCCOCC#Cc1ccc2c(c1)N(C)C(=O)[C@@H](NC(=O)c1ncn(Cc3ccccc3)n1)[C@@H](C)O2. The molecule has 254 valence electrons. The number of benzene rings is 2. The molecule has 1 aliphatic heterocycles. The van der Waals surface area contributed by atoms with Crippen LogP contribution in [0.15, 0.2) is 54.9 Å². The quantitative estimate of drug-likeness (QED) is 0.160. The Morgan fingerprint density at radius 3 is 2.25 bits per heavy atom. The van der Waals surface area contributed by atoms with E-state index in [0.717, 1.165) is 5.56 Å². The predicted octanol–water partition coefficient (Wildman–Crippen LogP) is 1.94. The Morgan fingerprint density at radius 1 is 0.938 bits per heavy atom. The van der Waals surface area contributed by atoms with Crippen molar-refractivity contribution in [1.29, 1.82) is 0 Å². The van der Waals surface area contributed by atoms with E-state index >= 15 is 0 Å². The molecule has 0 fully saturated rings. The van der Waals surface area contributed by atoms with Gasteiger partial charge < -0.3 is 38.6 Å². The molecule has 2 atom stereocenters. The monoisotopic (exact) mass is 659 g/mol. The van der Waals surface area contributed by atoms with E-state index in [2.05, 4.69) is 33.2 Å². The molecular weight excluding hydrogens is 618 g/mol. The van der Waals surface area contributed by atoms with Gasteiger partial charge in [0.15, 0.2) is 0 Å². The number of rotatable bonds is 18. The maximum absolute atomic E-state index is 13.5. The zero-order valence-electron chi connectivity index (χ0n) is 27.3. The molecule has 2 aromatic carbocycles. The number of nitrogens with zero attached hydrogens (tertiary/aromatic N) is 4. The molecule has 2 heterocycles.